The molecule has 170 valence electrons. The van der Waals surface area contributed by atoms with Crippen LogP contribution in [0.25, 0.3) is 33.4 Å². The van der Waals surface area contributed by atoms with Crippen LogP contribution in [0.4, 0.5) is 0 Å². The smallest absolute Gasteiger partial charge is 0.100 e. The first-order valence-electron chi connectivity index (χ1n) is 11.3. The average Bonchev–Trinajstić information content (AvgIpc) is 3.43. The molecule has 0 heterocycles. The van der Waals surface area contributed by atoms with Gasteiger partial charge in [-0.3, -0.25) is 0 Å². The maximum absolute atomic E-state index is 10.2. The second-order valence-corrected chi connectivity index (χ2v) is 8.42. The van der Waals surface area contributed by atoms with Gasteiger partial charge in [0.1, 0.15) is 12.1 Å². The van der Waals surface area contributed by atoms with Gasteiger partial charge in [-0.15, -0.1) is 0 Å². The molecule has 2 aliphatic carbocycles. The van der Waals surface area contributed by atoms with E-state index in [1.807, 2.05) is 0 Å². The van der Waals surface area contributed by atoms with E-state index in [-0.39, 0.29) is 0 Å². The van der Waals surface area contributed by atoms with Crippen molar-refractivity contribution in [2.24, 2.45) is 0 Å². The molecule has 0 unspecified atom stereocenters. The van der Waals surface area contributed by atoms with Gasteiger partial charge in [0.05, 0.1) is 46.5 Å². The van der Waals surface area contributed by atoms with Crippen LogP contribution in [-0.2, 0) is 0 Å². The first-order chi connectivity index (χ1) is 18.6. The number of allylic oxidation sites excluding steroid dienone is 8. The molecular formula is C32H12N6. The molecule has 0 atom stereocenters. The molecule has 3 aromatic rings. The van der Waals surface area contributed by atoms with E-state index in [4.69, 9.17) is 10.5 Å². The van der Waals surface area contributed by atoms with E-state index < -0.39 is 0 Å². The summed E-state index contributed by atoms with van der Waals surface area (Å²) in [6.07, 6.45) is 2.75. The molecule has 0 amide bonds. The highest BCUT2D eigenvalue weighted by Gasteiger charge is 2.34. The molecule has 0 N–H and O–H groups in total. The Bertz CT molecular complexity index is 1790. The Hall–Kier alpha value is -6.44. The number of fused-ring (bicyclic) bond motifs is 2. The predicted molar refractivity (Wildman–Crippen MR) is 141 cm³/mol. The molecule has 0 aromatic heterocycles. The van der Waals surface area contributed by atoms with E-state index in [9.17, 15) is 21.0 Å². The van der Waals surface area contributed by atoms with E-state index in [0.717, 1.165) is 0 Å². The highest BCUT2D eigenvalue weighted by Crippen LogP contribution is 2.52. The summed E-state index contributed by atoms with van der Waals surface area (Å²) in [5.74, 6) is 0. The zero-order chi connectivity index (χ0) is 26.8. The van der Waals surface area contributed by atoms with Gasteiger partial charge in [0.2, 0.25) is 0 Å². The van der Waals surface area contributed by atoms with Crippen molar-refractivity contribution in [2.45, 2.75) is 0 Å². The summed E-state index contributed by atoms with van der Waals surface area (Å²) in [6.45, 7) is 0. The normalized spacial score (nSPS) is 15.1. The molecule has 0 saturated heterocycles. The Balaban J connectivity index is 1.78. The minimum Gasteiger partial charge on any atom is -0.193 e. The highest BCUT2D eigenvalue weighted by atomic mass is 14.4. The summed E-state index contributed by atoms with van der Waals surface area (Å²) < 4.78 is 0. The van der Waals surface area contributed by atoms with Crippen LogP contribution < -0.4 is 0 Å². The van der Waals surface area contributed by atoms with Crippen LogP contribution in [-0.4, -0.2) is 0 Å². The quantitative estimate of drug-likeness (QED) is 0.403. The summed E-state index contributed by atoms with van der Waals surface area (Å²) in [6, 6.07) is 30.0. The van der Waals surface area contributed by atoms with Crippen molar-refractivity contribution in [1.29, 1.82) is 31.6 Å². The van der Waals surface area contributed by atoms with E-state index in [0.29, 0.717) is 77.9 Å². The van der Waals surface area contributed by atoms with Gasteiger partial charge in [-0.2, -0.15) is 31.6 Å². The fourth-order valence-electron chi connectivity index (χ4n) is 4.95. The Morgan fingerprint density at radius 1 is 0.447 bits per heavy atom. The van der Waals surface area contributed by atoms with Crippen LogP contribution in [0.5, 0.6) is 0 Å². The van der Waals surface area contributed by atoms with Gasteiger partial charge in [0, 0.05) is 45.6 Å². The van der Waals surface area contributed by atoms with Gasteiger partial charge < -0.3 is 0 Å². The second kappa shape index (κ2) is 9.31. The van der Waals surface area contributed by atoms with Crippen LogP contribution >= 0.6 is 0 Å². The first kappa shape index (κ1) is 23.3. The molecule has 0 aliphatic heterocycles. The Morgan fingerprint density at radius 3 is 1.11 bits per heavy atom. The van der Waals surface area contributed by atoms with Gasteiger partial charge in [-0.05, 0) is 58.7 Å². The maximum Gasteiger partial charge on any atom is 0.100 e. The lowest BCUT2D eigenvalue weighted by Crippen LogP contribution is -1.92. The van der Waals surface area contributed by atoms with Gasteiger partial charge in [0.25, 0.3) is 0 Å². The summed E-state index contributed by atoms with van der Waals surface area (Å²) in [5.41, 5.74) is 7.68. The number of rotatable bonds is 2. The molecule has 2 aliphatic rings. The molecule has 5 rings (SSSR count). The van der Waals surface area contributed by atoms with Crippen LogP contribution in [0.2, 0.25) is 0 Å². The fraction of sp³-hybridized carbons (Fsp3) is 0. The maximum atomic E-state index is 10.2. The third-order valence-electron chi connectivity index (χ3n) is 6.56. The van der Waals surface area contributed by atoms with Crippen molar-refractivity contribution in [3.05, 3.63) is 117 Å². The predicted octanol–water partition coefficient (Wildman–Crippen LogP) is 6.14. The summed E-state index contributed by atoms with van der Waals surface area (Å²) in [7, 11) is 0. The lowest BCUT2D eigenvalue weighted by Gasteiger charge is -2.09. The number of nitrogens with zero attached hydrogens (tertiary/aromatic N) is 6. The third kappa shape index (κ3) is 3.45. The van der Waals surface area contributed by atoms with Gasteiger partial charge in [-0.1, -0.05) is 24.3 Å². The highest BCUT2D eigenvalue weighted by molar-refractivity contribution is 6.28. The van der Waals surface area contributed by atoms with E-state index in [1.165, 1.54) is 12.2 Å². The zero-order valence-electron chi connectivity index (χ0n) is 19.6. The van der Waals surface area contributed by atoms with Crippen molar-refractivity contribution in [3.8, 4) is 36.4 Å². The van der Waals surface area contributed by atoms with Gasteiger partial charge in [-0.25, -0.2) is 0 Å². The molecule has 0 saturated carbocycles. The van der Waals surface area contributed by atoms with Crippen LogP contribution in [0.3, 0.4) is 0 Å². The number of hydrogen-bond acceptors (Lipinski definition) is 6. The Morgan fingerprint density at radius 2 is 0.816 bits per heavy atom. The molecule has 0 radical (unpaired) electrons. The van der Waals surface area contributed by atoms with E-state index >= 15 is 0 Å². The van der Waals surface area contributed by atoms with Crippen molar-refractivity contribution < 1.29 is 0 Å². The summed E-state index contributed by atoms with van der Waals surface area (Å²) >= 11 is 0. The fourth-order valence-corrected chi connectivity index (χ4v) is 4.95. The Labute approximate surface area is 218 Å². The largest absolute Gasteiger partial charge is 0.193 e. The minimum atomic E-state index is 0.357. The van der Waals surface area contributed by atoms with E-state index in [2.05, 4.69) is 36.4 Å². The summed E-state index contributed by atoms with van der Waals surface area (Å²) in [5, 5.41) is 57.9. The minimum absolute atomic E-state index is 0.357. The molecule has 38 heavy (non-hydrogen) atoms. The number of nitriles is 6. The first-order valence-corrected chi connectivity index (χ1v) is 11.3. The molecular weight excluding hydrogens is 468 g/mol. The van der Waals surface area contributed by atoms with Gasteiger partial charge in [0.15, 0.2) is 0 Å². The van der Waals surface area contributed by atoms with Crippen molar-refractivity contribution in [2.75, 3.05) is 0 Å². The number of benzene rings is 3. The van der Waals surface area contributed by atoms with Crippen LogP contribution in [0.15, 0.2) is 72.8 Å². The SMILES string of the molecule is N#C/C=C1\C(c2ccc(C#N)cc2)=C(C#N)c2cc3c(cc21)C(C#N)=C(c1ccc(C#N)cc1)/C3=C\C#N. The van der Waals surface area contributed by atoms with Gasteiger partial charge >= 0.3 is 0 Å². The zero-order valence-corrected chi connectivity index (χ0v) is 19.6. The molecule has 6 heteroatoms. The lowest BCUT2D eigenvalue weighted by atomic mass is 9.93. The van der Waals surface area contributed by atoms with Crippen molar-refractivity contribution in [3.63, 3.8) is 0 Å². The van der Waals surface area contributed by atoms with Crippen molar-refractivity contribution >= 4 is 33.4 Å². The molecule has 3 aromatic carbocycles. The van der Waals surface area contributed by atoms with E-state index in [1.54, 1.807) is 60.7 Å². The van der Waals surface area contributed by atoms with Crippen molar-refractivity contribution in [1.82, 2.24) is 0 Å². The monoisotopic (exact) mass is 480 g/mol. The lowest BCUT2D eigenvalue weighted by molar-refractivity contribution is 1.48. The topological polar surface area (TPSA) is 143 Å². The third-order valence-corrected chi connectivity index (χ3v) is 6.56. The second-order valence-electron chi connectivity index (χ2n) is 8.42. The molecule has 0 spiro atoms. The standard InChI is InChI=1S/C32H12N6/c33-11-9-23-25-13-28-26(14-27(25)29(17-37)31(23)21-5-1-19(15-35)2-6-21)24(10-12-34)32(30(28)18-38)22-7-3-20(16-36)4-8-22/h1-10,13-14H/b23-9-,24-10-. The molecule has 0 fully saturated rings. The average molecular weight is 480 g/mol. The molecule has 0 bridgehead atoms. The molecule has 6 nitrogen and oxygen atoms in total. The Kier molecular flexibility index (Phi) is 5.71. The van der Waals surface area contributed by atoms with Crippen LogP contribution in [0, 0.1) is 68.0 Å². The number of hydrogen-bond donors (Lipinski definition) is 0. The summed E-state index contributed by atoms with van der Waals surface area (Å²) in [4.78, 5) is 0. The van der Waals surface area contributed by atoms with Crippen LogP contribution in [0.1, 0.15) is 44.5 Å².